The number of aromatic nitrogens is 2. The van der Waals surface area contributed by atoms with Gasteiger partial charge in [0.1, 0.15) is 0 Å². The average Bonchev–Trinajstić information content (AvgIpc) is 3.57. The summed E-state index contributed by atoms with van der Waals surface area (Å²) in [5.74, 6) is -0.187. The molecule has 33 heavy (non-hydrogen) atoms. The third-order valence-electron chi connectivity index (χ3n) is 5.78. The molecule has 3 aromatic rings. The molecule has 0 radical (unpaired) electrons. The van der Waals surface area contributed by atoms with E-state index in [9.17, 15) is 13.2 Å². The number of hydrogen-bond donors (Lipinski definition) is 0. The van der Waals surface area contributed by atoms with Crippen LogP contribution >= 0.6 is 0 Å². The summed E-state index contributed by atoms with van der Waals surface area (Å²) < 4.78 is 33.4. The number of ether oxygens (including phenoxy) is 1. The first-order valence-corrected chi connectivity index (χ1v) is 12.7. The minimum absolute atomic E-state index is 0.0121. The number of carbonyl (C=O) groups excluding carboxylic acids is 1. The van der Waals surface area contributed by atoms with Gasteiger partial charge in [-0.1, -0.05) is 48.0 Å². The lowest BCUT2D eigenvalue weighted by Crippen LogP contribution is -2.33. The van der Waals surface area contributed by atoms with Gasteiger partial charge in [0.05, 0.1) is 30.8 Å². The van der Waals surface area contributed by atoms with Crippen LogP contribution in [0.1, 0.15) is 40.0 Å². The molecule has 0 bridgehead atoms. The van der Waals surface area contributed by atoms with Gasteiger partial charge in [-0.25, -0.2) is 13.4 Å². The van der Waals surface area contributed by atoms with Crippen LogP contribution in [0.4, 0.5) is 0 Å². The normalized spacial score (nSPS) is 13.8. The molecule has 1 saturated carbocycles. The molecule has 0 aliphatic heterocycles. The summed E-state index contributed by atoms with van der Waals surface area (Å²) in [5, 5.41) is 0.0121. The van der Waals surface area contributed by atoms with Crippen LogP contribution in [0.3, 0.4) is 0 Å². The van der Waals surface area contributed by atoms with Crippen LogP contribution in [-0.2, 0) is 33.4 Å². The summed E-state index contributed by atoms with van der Waals surface area (Å²) in [4.78, 5) is 19.3. The number of hydrogen-bond acceptors (Lipinski definition) is 5. The Balaban J connectivity index is 1.63. The lowest BCUT2D eigenvalue weighted by Gasteiger charge is -2.23. The molecule has 8 heteroatoms. The number of imidazole rings is 1. The van der Waals surface area contributed by atoms with Gasteiger partial charge < -0.3 is 14.2 Å². The lowest BCUT2D eigenvalue weighted by atomic mass is 10.2. The number of sulfone groups is 1. The Labute approximate surface area is 194 Å². The SMILES string of the molecule is COCCn1c(CN(C(=O)c2ccccc2)C2CC2)cnc1S(=O)(=O)Cc1ccc(C)cc1. The molecule has 0 saturated heterocycles. The minimum Gasteiger partial charge on any atom is -0.383 e. The first kappa shape index (κ1) is 23.2. The fourth-order valence-corrected chi connectivity index (χ4v) is 5.35. The smallest absolute Gasteiger partial charge is 0.254 e. The van der Waals surface area contributed by atoms with E-state index in [2.05, 4.69) is 4.98 Å². The van der Waals surface area contributed by atoms with Crippen molar-refractivity contribution in [2.24, 2.45) is 0 Å². The molecule has 2 aromatic carbocycles. The molecule has 1 amide bonds. The predicted molar refractivity (Wildman–Crippen MR) is 126 cm³/mol. The Morgan fingerprint density at radius 3 is 2.45 bits per heavy atom. The van der Waals surface area contributed by atoms with Gasteiger partial charge in [-0.2, -0.15) is 0 Å². The van der Waals surface area contributed by atoms with E-state index in [4.69, 9.17) is 4.74 Å². The second kappa shape index (κ2) is 9.89. The molecule has 0 atom stereocenters. The van der Waals surface area contributed by atoms with Crippen molar-refractivity contribution in [1.29, 1.82) is 0 Å². The molecular formula is C25H29N3O4S. The van der Waals surface area contributed by atoms with Gasteiger partial charge in [-0.3, -0.25) is 4.79 Å². The number of nitrogens with zero attached hydrogens (tertiary/aromatic N) is 3. The third kappa shape index (κ3) is 5.51. The zero-order valence-electron chi connectivity index (χ0n) is 19.0. The van der Waals surface area contributed by atoms with Crippen LogP contribution in [0.25, 0.3) is 0 Å². The number of rotatable bonds is 10. The van der Waals surface area contributed by atoms with Gasteiger partial charge in [0.25, 0.3) is 5.91 Å². The largest absolute Gasteiger partial charge is 0.383 e. The number of amides is 1. The highest BCUT2D eigenvalue weighted by molar-refractivity contribution is 7.90. The van der Waals surface area contributed by atoms with Gasteiger partial charge >= 0.3 is 0 Å². The Morgan fingerprint density at radius 2 is 1.82 bits per heavy atom. The summed E-state index contributed by atoms with van der Waals surface area (Å²) in [6.07, 6.45) is 3.47. The predicted octanol–water partition coefficient (Wildman–Crippen LogP) is 3.62. The molecule has 1 heterocycles. The number of carbonyl (C=O) groups is 1. The Kier molecular flexibility index (Phi) is 6.95. The van der Waals surface area contributed by atoms with Crippen molar-refractivity contribution in [1.82, 2.24) is 14.5 Å². The van der Waals surface area contributed by atoms with Crippen molar-refractivity contribution in [3.63, 3.8) is 0 Å². The summed E-state index contributed by atoms with van der Waals surface area (Å²) in [6, 6.07) is 16.8. The summed E-state index contributed by atoms with van der Waals surface area (Å²) in [7, 11) is -2.11. The number of methoxy groups -OCH3 is 1. The van der Waals surface area contributed by atoms with E-state index in [1.165, 1.54) is 0 Å². The van der Waals surface area contributed by atoms with Crippen molar-refractivity contribution >= 4 is 15.7 Å². The van der Waals surface area contributed by atoms with Crippen LogP contribution < -0.4 is 0 Å². The first-order chi connectivity index (χ1) is 15.9. The molecule has 0 spiro atoms. The van der Waals surface area contributed by atoms with Gasteiger partial charge in [-0.05, 0) is 37.5 Å². The van der Waals surface area contributed by atoms with Crippen molar-refractivity contribution in [2.45, 2.75) is 49.8 Å². The third-order valence-corrected chi connectivity index (χ3v) is 7.37. The zero-order valence-corrected chi connectivity index (χ0v) is 19.8. The molecule has 1 fully saturated rings. The van der Waals surface area contributed by atoms with E-state index >= 15 is 0 Å². The summed E-state index contributed by atoms with van der Waals surface area (Å²) in [6.45, 7) is 2.94. The fourth-order valence-electron chi connectivity index (χ4n) is 3.83. The van der Waals surface area contributed by atoms with E-state index in [1.807, 2.05) is 54.3 Å². The molecule has 174 valence electrons. The van der Waals surface area contributed by atoms with E-state index in [0.717, 1.165) is 18.4 Å². The minimum atomic E-state index is -3.69. The van der Waals surface area contributed by atoms with E-state index < -0.39 is 9.84 Å². The maximum atomic E-state index is 13.3. The highest BCUT2D eigenvalue weighted by Gasteiger charge is 2.34. The van der Waals surface area contributed by atoms with Crippen LogP contribution in [0.5, 0.6) is 0 Å². The molecule has 0 N–H and O–H groups in total. The molecule has 0 unspecified atom stereocenters. The van der Waals surface area contributed by atoms with Gasteiger partial charge in [0.2, 0.25) is 15.0 Å². The standard InChI is InChI=1S/C25H29N3O4S/c1-19-8-10-20(11-9-19)18-33(30,31)25-26-16-23(27(25)14-15-32-2)17-28(22-12-13-22)24(29)21-6-4-3-5-7-21/h3-11,16,22H,12-15,17-18H2,1-2H3. The van der Waals surface area contributed by atoms with Gasteiger partial charge in [0, 0.05) is 25.3 Å². The zero-order chi connectivity index (χ0) is 23.4. The Morgan fingerprint density at radius 1 is 1.12 bits per heavy atom. The molecular weight excluding hydrogens is 438 g/mol. The van der Waals surface area contributed by atoms with E-state index in [-0.39, 0.29) is 22.9 Å². The summed E-state index contributed by atoms with van der Waals surface area (Å²) in [5.41, 5.74) is 3.09. The molecule has 7 nitrogen and oxygen atoms in total. The lowest BCUT2D eigenvalue weighted by molar-refractivity contribution is 0.0724. The van der Waals surface area contributed by atoms with Crippen molar-refractivity contribution < 1.29 is 17.9 Å². The Hall–Kier alpha value is -2.97. The van der Waals surface area contributed by atoms with Crippen LogP contribution in [0.2, 0.25) is 0 Å². The van der Waals surface area contributed by atoms with E-state index in [1.54, 1.807) is 30.0 Å². The second-order valence-corrected chi connectivity index (χ2v) is 10.3. The average molecular weight is 468 g/mol. The second-order valence-electron chi connectivity index (χ2n) is 8.45. The Bertz CT molecular complexity index is 1200. The molecule has 1 aromatic heterocycles. The van der Waals surface area contributed by atoms with Crippen molar-refractivity contribution in [3.05, 3.63) is 83.2 Å². The molecule has 1 aliphatic carbocycles. The van der Waals surface area contributed by atoms with Crippen LogP contribution in [0, 0.1) is 6.92 Å². The first-order valence-electron chi connectivity index (χ1n) is 11.1. The molecule has 4 rings (SSSR count). The van der Waals surface area contributed by atoms with E-state index in [0.29, 0.717) is 36.5 Å². The monoisotopic (exact) mass is 467 g/mol. The maximum Gasteiger partial charge on any atom is 0.254 e. The number of aryl methyl sites for hydroxylation is 1. The van der Waals surface area contributed by atoms with Gasteiger partial charge in [0.15, 0.2) is 0 Å². The van der Waals surface area contributed by atoms with Crippen molar-refractivity contribution in [3.8, 4) is 0 Å². The van der Waals surface area contributed by atoms with Crippen LogP contribution in [0.15, 0.2) is 66.0 Å². The highest BCUT2D eigenvalue weighted by atomic mass is 32.2. The highest BCUT2D eigenvalue weighted by Crippen LogP contribution is 2.30. The number of benzene rings is 2. The topological polar surface area (TPSA) is 81.5 Å². The fraction of sp³-hybridized carbons (Fsp3) is 0.360. The maximum absolute atomic E-state index is 13.3. The quantitative estimate of drug-likeness (QED) is 0.455. The van der Waals surface area contributed by atoms with Crippen molar-refractivity contribution in [2.75, 3.05) is 13.7 Å². The summed E-state index contributed by atoms with van der Waals surface area (Å²) >= 11 is 0. The molecule has 1 aliphatic rings. The van der Waals surface area contributed by atoms with Gasteiger partial charge in [-0.15, -0.1) is 0 Å². The van der Waals surface area contributed by atoms with Crippen LogP contribution in [-0.4, -0.2) is 48.5 Å².